The van der Waals surface area contributed by atoms with E-state index >= 15 is 0 Å². The first-order valence-corrected chi connectivity index (χ1v) is 13.3. The van der Waals surface area contributed by atoms with Crippen molar-refractivity contribution in [2.45, 2.75) is 58.9 Å². The molecule has 5 rings (SSSR count). The van der Waals surface area contributed by atoms with Gasteiger partial charge in [-0.1, -0.05) is 38.8 Å². The zero-order valence-electron chi connectivity index (χ0n) is 22.5. The van der Waals surface area contributed by atoms with E-state index in [4.69, 9.17) is 24.2 Å². The second kappa shape index (κ2) is 11.1. The average molecular weight is 515 g/mol. The summed E-state index contributed by atoms with van der Waals surface area (Å²) in [6.07, 6.45) is 6.81. The minimum Gasteiger partial charge on any atom is -0.497 e. The van der Waals surface area contributed by atoms with E-state index in [9.17, 15) is 4.79 Å². The van der Waals surface area contributed by atoms with Crippen LogP contribution in [-0.2, 0) is 17.8 Å². The zero-order chi connectivity index (χ0) is 26.6. The maximum Gasteiger partial charge on any atom is 0.311 e. The third kappa shape index (κ3) is 4.78. The molecular weight excluding hydrogens is 480 g/mol. The second-order valence-corrected chi connectivity index (χ2v) is 9.47. The number of imidazole rings is 1. The highest BCUT2D eigenvalue weighted by Gasteiger charge is 2.23. The fourth-order valence-corrected chi connectivity index (χ4v) is 4.84. The molecule has 8 heteroatoms. The Balaban J connectivity index is 1.73. The normalized spacial score (nSPS) is 11.5. The summed E-state index contributed by atoms with van der Waals surface area (Å²) in [6.45, 7) is 4.71. The van der Waals surface area contributed by atoms with Gasteiger partial charge >= 0.3 is 5.97 Å². The van der Waals surface area contributed by atoms with Gasteiger partial charge in [-0.3, -0.25) is 9.20 Å². The Bertz CT molecular complexity index is 1600. The molecule has 0 aliphatic carbocycles. The lowest BCUT2D eigenvalue weighted by atomic mass is 10.2. The molecule has 3 aromatic heterocycles. The van der Waals surface area contributed by atoms with Crippen molar-refractivity contribution in [3.8, 4) is 17.2 Å². The van der Waals surface area contributed by atoms with Crippen molar-refractivity contribution in [2.75, 3.05) is 14.2 Å². The van der Waals surface area contributed by atoms with Crippen LogP contribution in [0.2, 0.25) is 0 Å². The maximum absolute atomic E-state index is 12.8. The van der Waals surface area contributed by atoms with Gasteiger partial charge in [0.25, 0.3) is 0 Å². The van der Waals surface area contributed by atoms with E-state index in [0.29, 0.717) is 24.5 Å². The number of rotatable bonds is 11. The lowest BCUT2D eigenvalue weighted by molar-refractivity contribution is -0.134. The van der Waals surface area contributed by atoms with Crippen LogP contribution in [0, 0.1) is 0 Å². The number of unbranched alkanes of at least 4 members (excludes halogenated alkanes) is 2. The highest BCUT2D eigenvalue weighted by molar-refractivity contribution is 6.01. The summed E-state index contributed by atoms with van der Waals surface area (Å²) >= 11 is 0. The van der Waals surface area contributed by atoms with Crippen LogP contribution in [0.25, 0.3) is 27.7 Å². The fourth-order valence-electron chi connectivity index (χ4n) is 4.84. The van der Waals surface area contributed by atoms with Crippen LogP contribution in [0.3, 0.4) is 0 Å². The molecule has 5 aromatic rings. The minimum atomic E-state index is -0.253. The van der Waals surface area contributed by atoms with Crippen molar-refractivity contribution in [3.63, 3.8) is 0 Å². The average Bonchev–Trinajstić information content (AvgIpc) is 3.49. The summed E-state index contributed by atoms with van der Waals surface area (Å²) in [4.78, 5) is 22.9. The van der Waals surface area contributed by atoms with Crippen LogP contribution >= 0.6 is 0 Å². The summed E-state index contributed by atoms with van der Waals surface area (Å²) in [5.74, 6) is 2.60. The van der Waals surface area contributed by atoms with Crippen molar-refractivity contribution >= 4 is 33.7 Å². The van der Waals surface area contributed by atoms with Gasteiger partial charge in [0.1, 0.15) is 28.4 Å². The van der Waals surface area contributed by atoms with E-state index < -0.39 is 0 Å². The van der Waals surface area contributed by atoms with Gasteiger partial charge in [0, 0.05) is 30.7 Å². The summed E-state index contributed by atoms with van der Waals surface area (Å²) in [5.41, 5.74) is 4.32. The molecule has 0 aliphatic heterocycles. The lowest BCUT2D eigenvalue weighted by Gasteiger charge is -2.12. The number of carbonyl (C=O) groups excluding carboxylic acids is 1. The molecule has 0 unspecified atom stereocenters. The van der Waals surface area contributed by atoms with Crippen LogP contribution < -0.4 is 14.2 Å². The fraction of sp³-hybridized carbons (Fsp3) is 0.367. The number of benzene rings is 2. The number of esters is 1. The Labute approximate surface area is 222 Å². The van der Waals surface area contributed by atoms with E-state index in [-0.39, 0.29) is 5.97 Å². The number of fused-ring (bicyclic) bond motifs is 5. The Morgan fingerprint density at radius 1 is 0.921 bits per heavy atom. The van der Waals surface area contributed by atoms with Crippen molar-refractivity contribution < 1.29 is 19.0 Å². The van der Waals surface area contributed by atoms with Crippen LogP contribution in [0.15, 0.2) is 48.7 Å². The summed E-state index contributed by atoms with van der Waals surface area (Å²) in [6, 6.07) is 13.8. The molecule has 0 saturated heterocycles. The number of aryl methyl sites for hydroxylation is 1. The summed E-state index contributed by atoms with van der Waals surface area (Å²) < 4.78 is 21.1. The van der Waals surface area contributed by atoms with Crippen LogP contribution in [0.1, 0.15) is 57.3 Å². The molecule has 0 N–H and O–H groups in total. The molecule has 38 heavy (non-hydrogen) atoms. The first-order valence-electron chi connectivity index (χ1n) is 13.3. The SMILES string of the molecule is CCCCC(=O)Oc1cn(Cc2ccc(OC)cc2OC)c2nc(CCCC)n3c4ccccc4nc3c12. The topological polar surface area (TPSA) is 79.9 Å². The van der Waals surface area contributed by atoms with Crippen molar-refractivity contribution in [3.05, 3.63) is 60.0 Å². The Morgan fingerprint density at radius 3 is 2.50 bits per heavy atom. The highest BCUT2D eigenvalue weighted by Crippen LogP contribution is 2.35. The molecule has 0 spiro atoms. The monoisotopic (exact) mass is 514 g/mol. The molecule has 0 radical (unpaired) electrons. The molecular formula is C30H34N4O4. The number of methoxy groups -OCH3 is 2. The van der Waals surface area contributed by atoms with Crippen molar-refractivity contribution in [1.82, 2.24) is 18.9 Å². The summed E-state index contributed by atoms with van der Waals surface area (Å²) in [7, 11) is 3.28. The van der Waals surface area contributed by atoms with Gasteiger partial charge in [0.2, 0.25) is 0 Å². The van der Waals surface area contributed by atoms with Gasteiger partial charge in [-0.05, 0) is 37.1 Å². The first-order chi connectivity index (χ1) is 18.6. The van der Waals surface area contributed by atoms with Crippen LogP contribution in [0.5, 0.6) is 17.2 Å². The van der Waals surface area contributed by atoms with Gasteiger partial charge in [0.05, 0.1) is 31.8 Å². The van der Waals surface area contributed by atoms with Crippen LogP contribution in [0.4, 0.5) is 0 Å². The molecule has 3 heterocycles. The van der Waals surface area contributed by atoms with Gasteiger partial charge in [-0.15, -0.1) is 0 Å². The standard InChI is InChI=1S/C30H34N4O4/c1-5-7-13-26-32-29-28(30-31-22-11-9-10-12-23(22)34(26)30)25(38-27(35)14-8-6-2)19-33(29)18-20-15-16-21(36-3)17-24(20)37-4/h9-12,15-17,19H,5-8,13-14,18H2,1-4H3. The number of nitrogens with zero attached hydrogens (tertiary/aromatic N) is 4. The van der Waals surface area contributed by atoms with E-state index in [1.807, 2.05) is 47.2 Å². The van der Waals surface area contributed by atoms with Crippen molar-refractivity contribution in [1.29, 1.82) is 0 Å². The van der Waals surface area contributed by atoms with Gasteiger partial charge in [0.15, 0.2) is 11.4 Å². The molecule has 2 aromatic carbocycles. The number of para-hydroxylation sites is 2. The molecule has 198 valence electrons. The number of ether oxygens (including phenoxy) is 3. The molecule has 0 atom stereocenters. The molecule has 0 aliphatic rings. The third-order valence-corrected chi connectivity index (χ3v) is 6.84. The molecule has 0 amide bonds. The van der Waals surface area contributed by atoms with E-state index in [0.717, 1.165) is 77.0 Å². The largest absolute Gasteiger partial charge is 0.497 e. The zero-order valence-corrected chi connectivity index (χ0v) is 22.5. The smallest absolute Gasteiger partial charge is 0.311 e. The van der Waals surface area contributed by atoms with E-state index in [2.05, 4.69) is 24.3 Å². The number of hydrogen-bond acceptors (Lipinski definition) is 6. The number of aromatic nitrogens is 4. The Kier molecular flexibility index (Phi) is 7.49. The maximum atomic E-state index is 12.8. The van der Waals surface area contributed by atoms with E-state index in [1.54, 1.807) is 14.2 Å². The Morgan fingerprint density at radius 2 is 1.74 bits per heavy atom. The van der Waals surface area contributed by atoms with Gasteiger partial charge in [-0.25, -0.2) is 9.97 Å². The molecule has 0 saturated carbocycles. The first kappa shape index (κ1) is 25.6. The lowest BCUT2D eigenvalue weighted by Crippen LogP contribution is -2.07. The predicted molar refractivity (Wildman–Crippen MR) is 148 cm³/mol. The minimum absolute atomic E-state index is 0.253. The van der Waals surface area contributed by atoms with Crippen molar-refractivity contribution in [2.24, 2.45) is 0 Å². The number of hydrogen-bond donors (Lipinski definition) is 0. The van der Waals surface area contributed by atoms with Gasteiger partial charge in [-0.2, -0.15) is 0 Å². The molecule has 8 nitrogen and oxygen atoms in total. The van der Waals surface area contributed by atoms with Gasteiger partial charge < -0.3 is 18.8 Å². The number of carbonyl (C=O) groups is 1. The molecule has 0 fully saturated rings. The van der Waals surface area contributed by atoms with E-state index in [1.165, 1.54) is 0 Å². The van der Waals surface area contributed by atoms with Crippen LogP contribution in [-0.4, -0.2) is 39.1 Å². The summed E-state index contributed by atoms with van der Waals surface area (Å²) in [5, 5.41) is 0.735. The quantitative estimate of drug-likeness (QED) is 0.191. The molecule has 0 bridgehead atoms. The highest BCUT2D eigenvalue weighted by atomic mass is 16.5. The third-order valence-electron chi connectivity index (χ3n) is 6.84. The predicted octanol–water partition coefficient (Wildman–Crippen LogP) is 6.34. The Hall–Kier alpha value is -4.07. The second-order valence-electron chi connectivity index (χ2n) is 9.47.